The molecule has 5 nitrogen and oxygen atoms in total. The molecule has 0 bridgehead atoms. The average Bonchev–Trinajstić information content (AvgIpc) is 2.49. The van der Waals surface area contributed by atoms with Crippen LogP contribution in [0.15, 0.2) is 34.9 Å². The molecule has 0 saturated heterocycles. The maximum absolute atomic E-state index is 8.82. The number of anilines is 2. The second-order valence-corrected chi connectivity index (χ2v) is 4.71. The second-order valence-electron chi connectivity index (χ2n) is 3.86. The molecule has 102 valence electrons. The summed E-state index contributed by atoms with van der Waals surface area (Å²) in [6.07, 6.45) is 1.50. The van der Waals surface area contributed by atoms with Gasteiger partial charge in [-0.25, -0.2) is 4.98 Å². The van der Waals surface area contributed by atoms with Crippen LogP contribution in [0.4, 0.5) is 11.5 Å². The molecule has 0 unspecified atom stereocenters. The van der Waals surface area contributed by atoms with Crippen molar-refractivity contribution in [2.45, 2.75) is 0 Å². The van der Waals surface area contributed by atoms with Crippen LogP contribution in [0.25, 0.3) is 0 Å². The quantitative estimate of drug-likeness (QED) is 0.927. The van der Waals surface area contributed by atoms with Gasteiger partial charge >= 0.3 is 0 Å². The average molecular weight is 334 g/mol. The summed E-state index contributed by atoms with van der Waals surface area (Å²) in [5.41, 5.74) is 1.25. The molecule has 20 heavy (non-hydrogen) atoms. The van der Waals surface area contributed by atoms with Crippen LogP contribution in [0.2, 0.25) is 0 Å². The Balaban J connectivity index is 2.32. The molecule has 6 heteroatoms. The SMILES string of the molecule is COc1ccc(Nc2ncc(C#N)cc2Br)c(OC)c1. The Morgan fingerprint density at radius 1 is 1.25 bits per heavy atom. The molecule has 0 atom stereocenters. The summed E-state index contributed by atoms with van der Waals surface area (Å²) in [6, 6.07) is 9.17. The highest BCUT2D eigenvalue weighted by Crippen LogP contribution is 2.33. The number of hydrogen-bond donors (Lipinski definition) is 1. The van der Waals surface area contributed by atoms with E-state index in [4.69, 9.17) is 14.7 Å². The summed E-state index contributed by atoms with van der Waals surface area (Å²) in [6.45, 7) is 0. The van der Waals surface area contributed by atoms with Crippen LogP contribution in [0, 0.1) is 11.3 Å². The third-order valence-corrected chi connectivity index (χ3v) is 3.24. The van der Waals surface area contributed by atoms with Crippen molar-refractivity contribution in [2.24, 2.45) is 0 Å². The van der Waals surface area contributed by atoms with Crippen molar-refractivity contribution >= 4 is 27.4 Å². The van der Waals surface area contributed by atoms with Crippen molar-refractivity contribution < 1.29 is 9.47 Å². The predicted octanol–water partition coefficient (Wildman–Crippen LogP) is 3.48. The minimum absolute atomic E-state index is 0.490. The van der Waals surface area contributed by atoms with E-state index in [-0.39, 0.29) is 0 Å². The van der Waals surface area contributed by atoms with Gasteiger partial charge in [0.15, 0.2) is 0 Å². The number of halogens is 1. The number of pyridine rings is 1. The summed E-state index contributed by atoms with van der Waals surface area (Å²) < 4.78 is 11.2. The third-order valence-electron chi connectivity index (χ3n) is 2.63. The van der Waals surface area contributed by atoms with Crippen LogP contribution in [0.3, 0.4) is 0 Å². The molecule has 2 aromatic rings. The van der Waals surface area contributed by atoms with Gasteiger partial charge in [-0.1, -0.05) is 0 Å². The van der Waals surface area contributed by atoms with Crippen molar-refractivity contribution in [3.8, 4) is 17.6 Å². The fraction of sp³-hybridized carbons (Fsp3) is 0.143. The lowest BCUT2D eigenvalue weighted by Crippen LogP contribution is -1.98. The molecule has 1 aromatic heterocycles. The first-order valence-electron chi connectivity index (χ1n) is 5.72. The van der Waals surface area contributed by atoms with Gasteiger partial charge in [-0.2, -0.15) is 5.26 Å². The lowest BCUT2D eigenvalue weighted by molar-refractivity contribution is 0.395. The zero-order valence-corrected chi connectivity index (χ0v) is 12.6. The monoisotopic (exact) mass is 333 g/mol. The zero-order chi connectivity index (χ0) is 14.5. The highest BCUT2D eigenvalue weighted by atomic mass is 79.9. The van der Waals surface area contributed by atoms with E-state index in [1.165, 1.54) is 6.20 Å². The van der Waals surface area contributed by atoms with E-state index in [1.54, 1.807) is 26.4 Å². The number of methoxy groups -OCH3 is 2. The molecule has 1 N–H and O–H groups in total. The molecule has 0 aliphatic rings. The summed E-state index contributed by atoms with van der Waals surface area (Å²) in [5.74, 6) is 1.95. The normalized spacial score (nSPS) is 9.70. The van der Waals surface area contributed by atoms with E-state index in [0.717, 1.165) is 5.69 Å². The molecule has 0 radical (unpaired) electrons. The van der Waals surface area contributed by atoms with E-state index < -0.39 is 0 Å². The Hall–Kier alpha value is -2.26. The van der Waals surface area contributed by atoms with E-state index in [2.05, 4.69) is 26.2 Å². The molecule has 2 rings (SSSR count). The summed E-state index contributed by atoms with van der Waals surface area (Å²) in [4.78, 5) is 4.20. The minimum Gasteiger partial charge on any atom is -0.497 e. The van der Waals surface area contributed by atoms with E-state index in [1.807, 2.05) is 18.2 Å². The number of benzene rings is 1. The zero-order valence-electron chi connectivity index (χ0n) is 11.0. The summed E-state index contributed by atoms with van der Waals surface area (Å²) >= 11 is 3.38. The largest absolute Gasteiger partial charge is 0.497 e. The Kier molecular flexibility index (Phi) is 4.43. The Morgan fingerprint density at radius 3 is 2.65 bits per heavy atom. The maximum Gasteiger partial charge on any atom is 0.146 e. The van der Waals surface area contributed by atoms with Crippen LogP contribution < -0.4 is 14.8 Å². The van der Waals surface area contributed by atoms with Crippen LogP contribution in [0.5, 0.6) is 11.5 Å². The molecule has 0 fully saturated rings. The maximum atomic E-state index is 8.82. The lowest BCUT2D eigenvalue weighted by atomic mass is 10.2. The van der Waals surface area contributed by atoms with Gasteiger partial charge in [0.1, 0.15) is 23.4 Å². The molecular weight excluding hydrogens is 322 g/mol. The minimum atomic E-state index is 0.490. The first-order chi connectivity index (χ1) is 9.67. The number of ether oxygens (including phenoxy) is 2. The predicted molar refractivity (Wildman–Crippen MR) is 79.5 cm³/mol. The molecule has 0 aliphatic carbocycles. The number of hydrogen-bond acceptors (Lipinski definition) is 5. The molecular formula is C14H12BrN3O2. The molecule has 0 amide bonds. The number of rotatable bonds is 4. The van der Waals surface area contributed by atoms with Crippen LogP contribution in [-0.2, 0) is 0 Å². The van der Waals surface area contributed by atoms with E-state index >= 15 is 0 Å². The summed E-state index contributed by atoms with van der Waals surface area (Å²) in [7, 11) is 3.18. The van der Waals surface area contributed by atoms with E-state index in [9.17, 15) is 0 Å². The van der Waals surface area contributed by atoms with Gasteiger partial charge < -0.3 is 14.8 Å². The van der Waals surface area contributed by atoms with Crippen molar-refractivity contribution in [1.29, 1.82) is 5.26 Å². The van der Waals surface area contributed by atoms with Crippen molar-refractivity contribution in [3.63, 3.8) is 0 Å². The number of aromatic nitrogens is 1. The smallest absolute Gasteiger partial charge is 0.146 e. The van der Waals surface area contributed by atoms with Crippen LogP contribution in [-0.4, -0.2) is 19.2 Å². The Labute approximate surface area is 125 Å². The Morgan fingerprint density at radius 2 is 2.05 bits per heavy atom. The molecule has 1 aromatic carbocycles. The first-order valence-corrected chi connectivity index (χ1v) is 6.52. The van der Waals surface area contributed by atoms with Crippen molar-refractivity contribution in [3.05, 3.63) is 40.5 Å². The van der Waals surface area contributed by atoms with Crippen molar-refractivity contribution in [2.75, 3.05) is 19.5 Å². The van der Waals surface area contributed by atoms with Crippen molar-refractivity contribution in [1.82, 2.24) is 4.98 Å². The van der Waals surface area contributed by atoms with Gasteiger partial charge in [0, 0.05) is 12.3 Å². The fourth-order valence-electron chi connectivity index (χ4n) is 1.62. The number of nitriles is 1. The third kappa shape index (κ3) is 3.00. The highest BCUT2D eigenvalue weighted by Gasteiger charge is 2.09. The molecule has 0 aliphatic heterocycles. The Bertz CT molecular complexity index is 668. The topological polar surface area (TPSA) is 67.2 Å². The highest BCUT2D eigenvalue weighted by molar-refractivity contribution is 9.10. The lowest BCUT2D eigenvalue weighted by Gasteiger charge is -2.12. The standard InChI is InChI=1S/C14H12BrN3O2/c1-19-10-3-4-12(13(6-10)20-2)18-14-11(15)5-9(7-16)8-17-14/h3-6,8H,1-2H3,(H,17,18). The van der Waals surface area contributed by atoms with Gasteiger partial charge in [-0.05, 0) is 34.1 Å². The van der Waals surface area contributed by atoms with Gasteiger partial charge in [0.05, 0.1) is 29.9 Å². The van der Waals surface area contributed by atoms with E-state index in [0.29, 0.717) is 27.4 Å². The number of nitrogens with one attached hydrogen (secondary N) is 1. The van der Waals surface area contributed by atoms with Crippen LogP contribution >= 0.6 is 15.9 Å². The fourth-order valence-corrected chi connectivity index (χ4v) is 2.07. The molecule has 0 saturated carbocycles. The first kappa shape index (κ1) is 14.2. The second kappa shape index (κ2) is 6.26. The van der Waals surface area contributed by atoms with Crippen LogP contribution in [0.1, 0.15) is 5.56 Å². The van der Waals surface area contributed by atoms with Gasteiger partial charge in [0.2, 0.25) is 0 Å². The van der Waals surface area contributed by atoms with Gasteiger partial charge in [-0.15, -0.1) is 0 Å². The van der Waals surface area contributed by atoms with Gasteiger partial charge in [0.25, 0.3) is 0 Å². The van der Waals surface area contributed by atoms with Gasteiger partial charge in [-0.3, -0.25) is 0 Å². The number of nitrogens with zero attached hydrogens (tertiary/aromatic N) is 2. The molecule has 1 heterocycles. The molecule has 0 spiro atoms. The summed E-state index contributed by atoms with van der Waals surface area (Å²) in [5, 5.41) is 12.0.